The first kappa shape index (κ1) is 16.8. The van der Waals surface area contributed by atoms with Gasteiger partial charge in [-0.25, -0.2) is 0 Å². The van der Waals surface area contributed by atoms with Crippen LogP contribution in [0.1, 0.15) is 44.6 Å². The molecule has 0 spiro atoms. The molecular weight excluding hydrogens is 280 g/mol. The molecule has 0 aliphatic heterocycles. The summed E-state index contributed by atoms with van der Waals surface area (Å²) in [4.78, 5) is 2.45. The summed E-state index contributed by atoms with van der Waals surface area (Å²) in [7, 11) is 2.23. The van der Waals surface area contributed by atoms with E-state index in [9.17, 15) is 0 Å². The van der Waals surface area contributed by atoms with E-state index < -0.39 is 0 Å². The summed E-state index contributed by atoms with van der Waals surface area (Å²) >= 11 is 6.29. The Kier molecular flexibility index (Phi) is 6.53. The van der Waals surface area contributed by atoms with Crippen LogP contribution in [-0.2, 0) is 6.54 Å². The Morgan fingerprint density at radius 2 is 1.90 bits per heavy atom. The number of rotatable bonds is 7. The molecule has 3 heteroatoms. The summed E-state index contributed by atoms with van der Waals surface area (Å²) in [6.45, 7) is 6.51. The van der Waals surface area contributed by atoms with E-state index in [1.807, 2.05) is 12.1 Å². The van der Waals surface area contributed by atoms with Crippen molar-refractivity contribution in [3.8, 4) is 0 Å². The first-order valence-electron chi connectivity index (χ1n) is 8.28. The predicted molar refractivity (Wildman–Crippen MR) is 91.8 cm³/mol. The van der Waals surface area contributed by atoms with Gasteiger partial charge in [-0.3, -0.25) is 0 Å². The van der Waals surface area contributed by atoms with Gasteiger partial charge in [0.15, 0.2) is 0 Å². The van der Waals surface area contributed by atoms with Crippen molar-refractivity contribution in [2.75, 3.05) is 26.7 Å². The number of hydrogen-bond acceptors (Lipinski definition) is 2. The molecule has 118 valence electrons. The van der Waals surface area contributed by atoms with Gasteiger partial charge >= 0.3 is 0 Å². The average Bonchev–Trinajstić information content (AvgIpc) is 2.48. The van der Waals surface area contributed by atoms with Gasteiger partial charge in [0.2, 0.25) is 0 Å². The lowest BCUT2D eigenvalue weighted by molar-refractivity contribution is 0.114. The maximum absolute atomic E-state index is 6.29. The Morgan fingerprint density at radius 1 is 1.19 bits per heavy atom. The summed E-state index contributed by atoms with van der Waals surface area (Å²) in [6, 6.07) is 8.19. The van der Waals surface area contributed by atoms with Crippen molar-refractivity contribution in [3.63, 3.8) is 0 Å². The van der Waals surface area contributed by atoms with Gasteiger partial charge in [0.25, 0.3) is 0 Å². The van der Waals surface area contributed by atoms with Crippen LogP contribution in [0.4, 0.5) is 0 Å². The van der Waals surface area contributed by atoms with Crippen LogP contribution in [0.25, 0.3) is 0 Å². The molecule has 0 radical (unpaired) electrons. The Bertz CT molecular complexity index is 427. The molecule has 0 saturated heterocycles. The third kappa shape index (κ3) is 4.98. The minimum absolute atomic E-state index is 0.449. The third-order valence-corrected chi connectivity index (χ3v) is 5.04. The zero-order valence-electron chi connectivity index (χ0n) is 13.5. The second kappa shape index (κ2) is 8.17. The molecule has 1 aliphatic carbocycles. The average molecular weight is 309 g/mol. The number of halogens is 1. The number of hydrogen-bond donors (Lipinski definition) is 1. The Balaban J connectivity index is 1.97. The van der Waals surface area contributed by atoms with E-state index in [0.717, 1.165) is 31.2 Å². The fraction of sp³-hybridized carbons (Fsp3) is 0.667. The van der Waals surface area contributed by atoms with Gasteiger partial charge in [0.05, 0.1) is 0 Å². The second-order valence-electron chi connectivity index (χ2n) is 6.60. The molecule has 21 heavy (non-hydrogen) atoms. The Morgan fingerprint density at radius 3 is 2.57 bits per heavy atom. The van der Waals surface area contributed by atoms with E-state index in [-0.39, 0.29) is 0 Å². The van der Waals surface area contributed by atoms with Crippen molar-refractivity contribution < 1.29 is 0 Å². The van der Waals surface area contributed by atoms with Gasteiger partial charge in [-0.15, -0.1) is 0 Å². The molecule has 1 fully saturated rings. The molecule has 1 saturated carbocycles. The quantitative estimate of drug-likeness (QED) is 0.806. The summed E-state index contributed by atoms with van der Waals surface area (Å²) in [5.74, 6) is 0. The van der Waals surface area contributed by atoms with Crippen LogP contribution in [0.3, 0.4) is 0 Å². The lowest BCUT2D eigenvalue weighted by Crippen LogP contribution is -2.44. The van der Waals surface area contributed by atoms with Crippen LogP contribution in [-0.4, -0.2) is 31.6 Å². The SMILES string of the molecule is CCNCC1(CN(C)Cc2ccccc2Cl)CCCCC1. The van der Waals surface area contributed by atoms with Crippen LogP contribution in [0, 0.1) is 5.41 Å². The minimum atomic E-state index is 0.449. The first-order chi connectivity index (χ1) is 10.2. The van der Waals surface area contributed by atoms with Crippen LogP contribution >= 0.6 is 11.6 Å². The zero-order chi connectivity index (χ0) is 15.1. The highest BCUT2D eigenvalue weighted by Gasteiger charge is 2.32. The predicted octanol–water partition coefficient (Wildman–Crippen LogP) is 4.33. The molecule has 2 nitrogen and oxygen atoms in total. The number of nitrogens with one attached hydrogen (secondary N) is 1. The van der Waals surface area contributed by atoms with Crippen LogP contribution in [0.15, 0.2) is 24.3 Å². The van der Waals surface area contributed by atoms with E-state index in [1.165, 1.54) is 37.7 Å². The molecule has 0 heterocycles. The van der Waals surface area contributed by atoms with Gasteiger partial charge in [-0.05, 0) is 43.5 Å². The van der Waals surface area contributed by atoms with Gasteiger partial charge < -0.3 is 10.2 Å². The number of benzene rings is 1. The summed E-state index contributed by atoms with van der Waals surface area (Å²) in [6.07, 6.45) is 6.87. The molecule has 1 aromatic rings. The van der Waals surface area contributed by atoms with Crippen molar-refractivity contribution >= 4 is 11.6 Å². The van der Waals surface area contributed by atoms with Gasteiger partial charge in [-0.2, -0.15) is 0 Å². The molecule has 2 rings (SSSR count). The smallest absolute Gasteiger partial charge is 0.0451 e. The minimum Gasteiger partial charge on any atom is -0.316 e. The van der Waals surface area contributed by atoms with Crippen LogP contribution in [0.2, 0.25) is 5.02 Å². The van der Waals surface area contributed by atoms with Crippen molar-refractivity contribution in [2.24, 2.45) is 5.41 Å². The van der Waals surface area contributed by atoms with Crippen LogP contribution in [0.5, 0.6) is 0 Å². The van der Waals surface area contributed by atoms with Gasteiger partial charge in [-0.1, -0.05) is 56.0 Å². The molecule has 0 bridgehead atoms. The van der Waals surface area contributed by atoms with Crippen molar-refractivity contribution in [1.82, 2.24) is 10.2 Å². The highest BCUT2D eigenvalue weighted by atomic mass is 35.5. The topological polar surface area (TPSA) is 15.3 Å². The normalized spacial score (nSPS) is 18.1. The maximum Gasteiger partial charge on any atom is 0.0451 e. The van der Waals surface area contributed by atoms with Crippen molar-refractivity contribution in [3.05, 3.63) is 34.9 Å². The molecule has 0 amide bonds. The Hall–Kier alpha value is -0.570. The molecule has 1 aliphatic rings. The number of nitrogens with zero attached hydrogens (tertiary/aromatic N) is 1. The summed E-state index contributed by atoms with van der Waals surface area (Å²) in [5, 5.41) is 4.47. The fourth-order valence-electron chi connectivity index (χ4n) is 3.63. The first-order valence-corrected chi connectivity index (χ1v) is 8.66. The maximum atomic E-state index is 6.29. The fourth-order valence-corrected chi connectivity index (χ4v) is 3.82. The Labute approximate surface area is 134 Å². The lowest BCUT2D eigenvalue weighted by atomic mass is 9.73. The highest BCUT2D eigenvalue weighted by Crippen LogP contribution is 2.36. The van der Waals surface area contributed by atoms with Crippen molar-refractivity contribution in [1.29, 1.82) is 0 Å². The van der Waals surface area contributed by atoms with E-state index in [4.69, 9.17) is 11.6 Å². The standard InChI is InChI=1S/C18H29ClN2/c1-3-20-14-18(11-7-4-8-12-18)15-21(2)13-16-9-5-6-10-17(16)19/h5-6,9-10,20H,3-4,7-8,11-15H2,1-2H3. The summed E-state index contributed by atoms with van der Waals surface area (Å²) < 4.78 is 0. The lowest BCUT2D eigenvalue weighted by Gasteiger charge is -2.40. The van der Waals surface area contributed by atoms with E-state index >= 15 is 0 Å². The highest BCUT2D eigenvalue weighted by molar-refractivity contribution is 6.31. The largest absolute Gasteiger partial charge is 0.316 e. The van der Waals surface area contributed by atoms with Gasteiger partial charge in [0, 0.05) is 24.7 Å². The van der Waals surface area contributed by atoms with Gasteiger partial charge in [0.1, 0.15) is 0 Å². The molecule has 0 aromatic heterocycles. The molecule has 0 unspecified atom stereocenters. The van der Waals surface area contributed by atoms with E-state index in [1.54, 1.807) is 0 Å². The molecule has 1 aromatic carbocycles. The monoisotopic (exact) mass is 308 g/mol. The molecular formula is C18H29ClN2. The van der Waals surface area contributed by atoms with Crippen molar-refractivity contribution in [2.45, 2.75) is 45.6 Å². The molecule has 1 N–H and O–H groups in total. The summed E-state index contributed by atoms with van der Waals surface area (Å²) in [5.41, 5.74) is 1.68. The van der Waals surface area contributed by atoms with Crippen LogP contribution < -0.4 is 5.32 Å². The zero-order valence-corrected chi connectivity index (χ0v) is 14.3. The molecule has 0 atom stereocenters. The van der Waals surface area contributed by atoms with E-state index in [2.05, 4.69) is 36.3 Å². The van der Waals surface area contributed by atoms with E-state index in [0.29, 0.717) is 5.41 Å². The second-order valence-corrected chi connectivity index (χ2v) is 7.01. The third-order valence-electron chi connectivity index (χ3n) is 4.67.